The molecule has 1 fully saturated rings. The van der Waals surface area contributed by atoms with Gasteiger partial charge in [-0.25, -0.2) is 0 Å². The Balaban J connectivity index is 1.92. The molecule has 0 spiro atoms. The van der Waals surface area contributed by atoms with Gasteiger partial charge in [-0.05, 0) is 48.8 Å². The molecule has 0 aromatic heterocycles. The molecule has 20 heavy (non-hydrogen) atoms. The van der Waals surface area contributed by atoms with Gasteiger partial charge < -0.3 is 11.1 Å². The Morgan fingerprint density at radius 2 is 2.10 bits per heavy atom. The second-order valence-corrected chi connectivity index (χ2v) is 6.61. The van der Waals surface area contributed by atoms with E-state index in [1.807, 2.05) is 36.0 Å². The summed E-state index contributed by atoms with van der Waals surface area (Å²) in [4.78, 5) is 12.2. The highest BCUT2D eigenvalue weighted by Crippen LogP contribution is 2.25. The van der Waals surface area contributed by atoms with Crippen LogP contribution in [0.15, 0.2) is 24.3 Å². The molecule has 0 bridgehead atoms. The fraction of sp³-hybridized carbons (Fsp3) is 0.562. The van der Waals surface area contributed by atoms with Crippen molar-refractivity contribution in [2.45, 2.75) is 38.0 Å². The van der Waals surface area contributed by atoms with Gasteiger partial charge in [0.05, 0.1) is 0 Å². The lowest BCUT2D eigenvalue weighted by Crippen LogP contribution is -2.39. The van der Waals surface area contributed by atoms with Gasteiger partial charge >= 0.3 is 0 Å². The molecule has 0 saturated heterocycles. The summed E-state index contributed by atoms with van der Waals surface area (Å²) in [5, 5.41) is 3.13. The third kappa shape index (κ3) is 4.00. The number of hydrogen-bond donors (Lipinski definition) is 2. The lowest BCUT2D eigenvalue weighted by atomic mass is 10.0. The van der Waals surface area contributed by atoms with Crippen LogP contribution in [-0.2, 0) is 5.75 Å². The van der Waals surface area contributed by atoms with Crippen LogP contribution in [0.1, 0.15) is 42.1 Å². The minimum Gasteiger partial charge on any atom is -0.349 e. The van der Waals surface area contributed by atoms with E-state index in [1.54, 1.807) is 0 Å². The maximum absolute atomic E-state index is 12.2. The van der Waals surface area contributed by atoms with Crippen LogP contribution in [0.4, 0.5) is 0 Å². The summed E-state index contributed by atoms with van der Waals surface area (Å²) in [6, 6.07) is 8.20. The third-order valence-electron chi connectivity index (χ3n) is 3.97. The number of carbonyl (C=O) groups excluding carboxylic acids is 1. The van der Waals surface area contributed by atoms with Crippen molar-refractivity contribution in [3.8, 4) is 0 Å². The van der Waals surface area contributed by atoms with Gasteiger partial charge in [0.2, 0.25) is 0 Å². The highest BCUT2D eigenvalue weighted by atomic mass is 32.2. The molecule has 0 heterocycles. The molecule has 1 aliphatic rings. The van der Waals surface area contributed by atoms with Gasteiger partial charge in [-0.1, -0.05) is 25.5 Å². The van der Waals surface area contributed by atoms with Gasteiger partial charge in [0.1, 0.15) is 0 Å². The number of benzene rings is 1. The van der Waals surface area contributed by atoms with Crippen LogP contribution in [0.2, 0.25) is 0 Å². The fourth-order valence-corrected chi connectivity index (χ4v) is 3.37. The molecule has 1 aromatic rings. The Labute approximate surface area is 125 Å². The van der Waals surface area contributed by atoms with Crippen LogP contribution in [0, 0.1) is 5.92 Å². The number of nitrogens with two attached hydrogens (primary N) is 1. The zero-order valence-corrected chi connectivity index (χ0v) is 12.9. The third-order valence-corrected chi connectivity index (χ3v) is 4.91. The summed E-state index contributed by atoms with van der Waals surface area (Å²) in [6.45, 7) is 2.82. The van der Waals surface area contributed by atoms with Crippen molar-refractivity contribution in [3.63, 3.8) is 0 Å². The maximum atomic E-state index is 12.2. The lowest BCUT2D eigenvalue weighted by Gasteiger charge is -2.19. The van der Waals surface area contributed by atoms with Crippen molar-refractivity contribution in [2.24, 2.45) is 11.7 Å². The standard InChI is InChI=1S/C16H24N2OS/c1-2-20-11-12-6-8-13(9-7-12)16(19)18-15-5-3-4-14(15)10-17/h6-9,14-15H,2-5,10-11,17H2,1H3,(H,18,19). The van der Waals surface area contributed by atoms with Crippen LogP contribution in [0.5, 0.6) is 0 Å². The quantitative estimate of drug-likeness (QED) is 0.847. The summed E-state index contributed by atoms with van der Waals surface area (Å²) in [5.74, 6) is 2.60. The van der Waals surface area contributed by atoms with Gasteiger partial charge in [-0.15, -0.1) is 0 Å². The lowest BCUT2D eigenvalue weighted by molar-refractivity contribution is 0.0929. The monoisotopic (exact) mass is 292 g/mol. The second-order valence-electron chi connectivity index (χ2n) is 5.34. The number of thioether (sulfide) groups is 1. The molecule has 2 unspecified atom stereocenters. The summed E-state index contributed by atoms with van der Waals surface area (Å²) >= 11 is 1.89. The smallest absolute Gasteiger partial charge is 0.251 e. The zero-order valence-electron chi connectivity index (χ0n) is 12.1. The number of rotatable bonds is 6. The predicted octanol–water partition coefficient (Wildman–Crippen LogP) is 2.80. The number of carbonyl (C=O) groups is 1. The van der Waals surface area contributed by atoms with Crippen molar-refractivity contribution < 1.29 is 4.79 Å². The largest absolute Gasteiger partial charge is 0.349 e. The van der Waals surface area contributed by atoms with Crippen LogP contribution in [-0.4, -0.2) is 24.2 Å². The Kier molecular flexibility index (Phi) is 5.92. The zero-order chi connectivity index (χ0) is 14.4. The average molecular weight is 292 g/mol. The molecular weight excluding hydrogens is 268 g/mol. The van der Waals surface area contributed by atoms with Gasteiger partial charge in [-0.3, -0.25) is 4.79 Å². The first-order valence-electron chi connectivity index (χ1n) is 7.42. The summed E-state index contributed by atoms with van der Waals surface area (Å²) < 4.78 is 0. The van der Waals surface area contributed by atoms with Crippen molar-refractivity contribution in [1.82, 2.24) is 5.32 Å². The number of amides is 1. The summed E-state index contributed by atoms with van der Waals surface area (Å²) in [6.07, 6.45) is 3.35. The Morgan fingerprint density at radius 3 is 2.75 bits per heavy atom. The Bertz CT molecular complexity index is 433. The van der Waals surface area contributed by atoms with Crippen molar-refractivity contribution in [3.05, 3.63) is 35.4 Å². The molecule has 2 rings (SSSR count). The van der Waals surface area contributed by atoms with E-state index in [-0.39, 0.29) is 11.9 Å². The first-order chi connectivity index (χ1) is 9.74. The highest BCUT2D eigenvalue weighted by molar-refractivity contribution is 7.98. The molecule has 1 saturated carbocycles. The number of nitrogens with one attached hydrogen (secondary N) is 1. The molecule has 4 heteroatoms. The van der Waals surface area contributed by atoms with Crippen LogP contribution in [0.25, 0.3) is 0 Å². The van der Waals surface area contributed by atoms with Crippen LogP contribution < -0.4 is 11.1 Å². The second kappa shape index (κ2) is 7.70. The molecule has 3 N–H and O–H groups in total. The van der Waals surface area contributed by atoms with E-state index >= 15 is 0 Å². The summed E-state index contributed by atoms with van der Waals surface area (Å²) in [7, 11) is 0. The normalized spacial score (nSPS) is 21.9. The minimum absolute atomic E-state index is 0.0324. The molecule has 3 nitrogen and oxygen atoms in total. The van der Waals surface area contributed by atoms with Gasteiger partial charge in [0.25, 0.3) is 5.91 Å². The van der Waals surface area contributed by atoms with E-state index in [4.69, 9.17) is 5.73 Å². The van der Waals surface area contributed by atoms with E-state index in [1.165, 1.54) is 12.0 Å². The van der Waals surface area contributed by atoms with Crippen molar-refractivity contribution in [1.29, 1.82) is 0 Å². The number of hydrogen-bond acceptors (Lipinski definition) is 3. The van der Waals surface area contributed by atoms with Gasteiger partial charge in [-0.2, -0.15) is 11.8 Å². The van der Waals surface area contributed by atoms with Crippen molar-refractivity contribution >= 4 is 17.7 Å². The SMILES string of the molecule is CCSCc1ccc(C(=O)NC2CCCC2CN)cc1. The molecule has 110 valence electrons. The van der Waals surface area contributed by atoms with Gasteiger partial charge in [0, 0.05) is 17.4 Å². The first kappa shape index (κ1) is 15.4. The molecular formula is C16H24N2OS. The topological polar surface area (TPSA) is 55.1 Å². The Hall–Kier alpha value is -1.00. The first-order valence-corrected chi connectivity index (χ1v) is 8.57. The highest BCUT2D eigenvalue weighted by Gasteiger charge is 2.27. The molecule has 1 aromatic carbocycles. The molecule has 0 radical (unpaired) electrons. The Morgan fingerprint density at radius 1 is 1.35 bits per heavy atom. The minimum atomic E-state index is 0.0324. The van der Waals surface area contributed by atoms with Gasteiger partial charge in [0.15, 0.2) is 0 Å². The fourth-order valence-electron chi connectivity index (χ4n) is 2.73. The van der Waals surface area contributed by atoms with E-state index in [2.05, 4.69) is 12.2 Å². The van der Waals surface area contributed by atoms with E-state index in [9.17, 15) is 4.79 Å². The average Bonchev–Trinajstić information content (AvgIpc) is 2.92. The molecule has 1 aliphatic carbocycles. The van der Waals surface area contributed by atoms with Crippen LogP contribution >= 0.6 is 11.8 Å². The predicted molar refractivity (Wildman–Crippen MR) is 85.9 cm³/mol. The van der Waals surface area contributed by atoms with E-state index in [0.29, 0.717) is 12.5 Å². The van der Waals surface area contributed by atoms with E-state index < -0.39 is 0 Å². The molecule has 1 amide bonds. The summed E-state index contributed by atoms with van der Waals surface area (Å²) in [5.41, 5.74) is 7.77. The maximum Gasteiger partial charge on any atom is 0.251 e. The van der Waals surface area contributed by atoms with Crippen molar-refractivity contribution in [2.75, 3.05) is 12.3 Å². The molecule has 0 aliphatic heterocycles. The molecule has 2 atom stereocenters. The van der Waals surface area contributed by atoms with Crippen LogP contribution in [0.3, 0.4) is 0 Å². The van der Waals surface area contributed by atoms with E-state index in [0.717, 1.165) is 29.9 Å².